The van der Waals surface area contributed by atoms with Crippen LogP contribution in [0.5, 0.6) is 0 Å². The fraction of sp³-hybridized carbons (Fsp3) is 0.385. The molecule has 0 saturated carbocycles. The van der Waals surface area contributed by atoms with Crippen molar-refractivity contribution in [3.8, 4) is 0 Å². The monoisotopic (exact) mass is 335 g/mol. The maximum Gasteiger partial charge on any atom is 0.238 e. The summed E-state index contributed by atoms with van der Waals surface area (Å²) in [5.41, 5.74) is 2.15. The first-order chi connectivity index (χ1) is 9.19. The Kier molecular flexibility index (Phi) is 8.96. The second kappa shape index (κ2) is 9.57. The first-order valence-electron chi connectivity index (χ1n) is 6.06. The molecule has 0 unspecified atom stereocenters. The van der Waals surface area contributed by atoms with Gasteiger partial charge < -0.3 is 19.8 Å². The molecule has 0 aliphatic heterocycles. The number of nitrogens with zero attached hydrogens (tertiary/aromatic N) is 1. The van der Waals surface area contributed by atoms with Crippen LogP contribution in [0.15, 0.2) is 22.6 Å². The van der Waals surface area contributed by atoms with E-state index in [1.165, 1.54) is 0 Å². The molecule has 8 heteroatoms. The summed E-state index contributed by atoms with van der Waals surface area (Å²) in [5, 5.41) is 5.76. The number of aryl methyl sites for hydroxylation is 1. The van der Waals surface area contributed by atoms with E-state index >= 15 is 0 Å². The summed E-state index contributed by atoms with van der Waals surface area (Å²) in [6.45, 7) is 3.26. The topological polar surface area (TPSA) is 76.4 Å². The molecule has 0 radical (unpaired) electrons. The summed E-state index contributed by atoms with van der Waals surface area (Å²) in [7, 11) is 1.62. The molecule has 0 spiro atoms. The third-order valence-corrected chi connectivity index (χ3v) is 2.55. The molecule has 1 aromatic heterocycles. The lowest BCUT2D eigenvalue weighted by molar-refractivity contribution is -0.115. The average molecular weight is 336 g/mol. The van der Waals surface area contributed by atoms with E-state index in [9.17, 15) is 4.79 Å². The van der Waals surface area contributed by atoms with Gasteiger partial charge in [-0.2, -0.15) is 0 Å². The van der Waals surface area contributed by atoms with Crippen molar-refractivity contribution < 1.29 is 13.9 Å². The largest absolute Gasteiger partial charge is 0.441 e. The van der Waals surface area contributed by atoms with Gasteiger partial charge in [0.05, 0.1) is 13.2 Å². The normalized spacial score (nSPS) is 9.81. The summed E-state index contributed by atoms with van der Waals surface area (Å²) < 4.78 is 10.3. The molecule has 21 heavy (non-hydrogen) atoms. The van der Waals surface area contributed by atoms with E-state index in [4.69, 9.17) is 9.15 Å². The third-order valence-electron chi connectivity index (χ3n) is 2.55. The highest BCUT2D eigenvalue weighted by Gasteiger charge is 2.05. The van der Waals surface area contributed by atoms with Crippen LogP contribution in [-0.2, 0) is 9.53 Å². The van der Waals surface area contributed by atoms with Crippen molar-refractivity contribution in [3.05, 3.63) is 24.1 Å². The molecule has 0 atom stereocenters. The van der Waals surface area contributed by atoms with Crippen molar-refractivity contribution in [2.45, 2.75) is 6.92 Å². The molecule has 0 aliphatic rings. The number of amides is 1. The molecule has 6 nitrogen and oxygen atoms in total. The maximum absolute atomic E-state index is 11.7. The summed E-state index contributed by atoms with van der Waals surface area (Å²) in [5.74, 6) is 0.506. The van der Waals surface area contributed by atoms with Crippen LogP contribution in [0.3, 0.4) is 0 Å². The first kappa shape index (κ1) is 19.7. The summed E-state index contributed by atoms with van der Waals surface area (Å²) in [4.78, 5) is 15.9. The first-order valence-corrected chi connectivity index (χ1v) is 6.06. The van der Waals surface area contributed by atoms with Crippen molar-refractivity contribution in [1.82, 2.24) is 10.3 Å². The van der Waals surface area contributed by atoms with Crippen molar-refractivity contribution in [2.24, 2.45) is 0 Å². The number of fused-ring (bicyclic) bond motifs is 1. The number of nitrogens with one attached hydrogen (secondary N) is 2. The number of aromatic nitrogens is 1. The molecule has 118 valence electrons. The van der Waals surface area contributed by atoms with Gasteiger partial charge in [0, 0.05) is 32.3 Å². The average Bonchev–Trinajstić information content (AvgIpc) is 2.74. The second-order valence-electron chi connectivity index (χ2n) is 4.13. The zero-order valence-electron chi connectivity index (χ0n) is 11.8. The van der Waals surface area contributed by atoms with Gasteiger partial charge in [0.15, 0.2) is 11.5 Å². The molecule has 1 aromatic carbocycles. The van der Waals surface area contributed by atoms with E-state index in [2.05, 4.69) is 15.6 Å². The van der Waals surface area contributed by atoms with Gasteiger partial charge in [-0.15, -0.1) is 24.8 Å². The van der Waals surface area contributed by atoms with E-state index < -0.39 is 0 Å². The molecule has 1 amide bonds. The lowest BCUT2D eigenvalue weighted by Gasteiger charge is -2.06. The Morgan fingerprint density at radius 1 is 1.38 bits per heavy atom. The van der Waals surface area contributed by atoms with Gasteiger partial charge in [-0.3, -0.25) is 4.79 Å². The van der Waals surface area contributed by atoms with Gasteiger partial charge in [0.2, 0.25) is 5.91 Å². The standard InChI is InChI=1S/C13H17N3O3.2ClH/c1-9-15-11-4-3-10(7-12(11)19-9)16-13(17)8-14-5-6-18-2;;/h3-4,7,14H,5-6,8H2,1-2H3,(H,16,17);2*1H. The van der Waals surface area contributed by atoms with Crippen LogP contribution >= 0.6 is 24.8 Å². The predicted molar refractivity (Wildman–Crippen MR) is 86.6 cm³/mol. The smallest absolute Gasteiger partial charge is 0.238 e. The van der Waals surface area contributed by atoms with E-state index in [1.807, 2.05) is 6.07 Å². The number of oxazole rings is 1. The van der Waals surface area contributed by atoms with Crippen LogP contribution in [-0.4, -0.2) is 37.7 Å². The molecule has 0 aliphatic carbocycles. The van der Waals surface area contributed by atoms with Gasteiger partial charge in [-0.05, 0) is 12.1 Å². The summed E-state index contributed by atoms with van der Waals surface area (Å²) >= 11 is 0. The Morgan fingerprint density at radius 3 is 2.86 bits per heavy atom. The summed E-state index contributed by atoms with van der Waals surface area (Å²) in [6.07, 6.45) is 0. The Morgan fingerprint density at radius 2 is 2.14 bits per heavy atom. The zero-order valence-corrected chi connectivity index (χ0v) is 13.5. The maximum atomic E-state index is 11.7. The predicted octanol–water partition coefficient (Wildman–Crippen LogP) is 2.15. The van der Waals surface area contributed by atoms with Crippen LogP contribution in [0.1, 0.15) is 5.89 Å². The molecular weight excluding hydrogens is 317 g/mol. The zero-order chi connectivity index (χ0) is 13.7. The van der Waals surface area contributed by atoms with Crippen LogP contribution in [0, 0.1) is 6.92 Å². The number of carbonyl (C=O) groups is 1. The van der Waals surface area contributed by atoms with Crippen molar-refractivity contribution >= 4 is 47.5 Å². The van der Waals surface area contributed by atoms with Gasteiger partial charge in [0.25, 0.3) is 0 Å². The van der Waals surface area contributed by atoms with Crippen molar-refractivity contribution in [1.29, 1.82) is 0 Å². The Labute approximate surface area is 135 Å². The summed E-state index contributed by atoms with van der Waals surface area (Å²) in [6, 6.07) is 5.39. The third kappa shape index (κ3) is 5.89. The number of methoxy groups -OCH3 is 1. The Bertz CT molecular complexity index is 575. The molecule has 1 heterocycles. The molecule has 2 aromatic rings. The van der Waals surface area contributed by atoms with Gasteiger partial charge in [0.1, 0.15) is 5.52 Å². The number of ether oxygens (including phenoxy) is 1. The number of halogens is 2. The minimum Gasteiger partial charge on any atom is -0.441 e. The molecule has 2 rings (SSSR count). The lowest BCUT2D eigenvalue weighted by Crippen LogP contribution is -2.30. The quantitative estimate of drug-likeness (QED) is 0.791. The van der Waals surface area contributed by atoms with Crippen LogP contribution < -0.4 is 10.6 Å². The minimum absolute atomic E-state index is 0. The van der Waals surface area contributed by atoms with Crippen molar-refractivity contribution in [3.63, 3.8) is 0 Å². The fourth-order valence-corrected chi connectivity index (χ4v) is 1.70. The van der Waals surface area contributed by atoms with E-state index in [1.54, 1.807) is 26.2 Å². The van der Waals surface area contributed by atoms with E-state index in [-0.39, 0.29) is 37.3 Å². The number of hydrogen-bond acceptors (Lipinski definition) is 5. The number of rotatable bonds is 6. The van der Waals surface area contributed by atoms with Gasteiger partial charge >= 0.3 is 0 Å². The molecular formula is C13H19Cl2N3O3. The number of benzene rings is 1. The van der Waals surface area contributed by atoms with E-state index in [0.29, 0.717) is 30.3 Å². The van der Waals surface area contributed by atoms with Gasteiger partial charge in [-0.1, -0.05) is 0 Å². The molecule has 0 fully saturated rings. The molecule has 0 saturated heterocycles. The number of anilines is 1. The Balaban J connectivity index is 0.00000200. The molecule has 2 N–H and O–H groups in total. The van der Waals surface area contributed by atoms with Gasteiger partial charge in [-0.25, -0.2) is 4.98 Å². The Hall–Kier alpha value is -1.34. The SMILES string of the molecule is COCCNCC(=O)Nc1ccc2nc(C)oc2c1.Cl.Cl. The number of carbonyl (C=O) groups excluding carboxylic acids is 1. The number of hydrogen-bond donors (Lipinski definition) is 2. The molecule has 0 bridgehead atoms. The van der Waals surface area contributed by atoms with Crippen LogP contribution in [0.25, 0.3) is 11.1 Å². The second-order valence-corrected chi connectivity index (χ2v) is 4.13. The highest BCUT2D eigenvalue weighted by Crippen LogP contribution is 2.19. The lowest BCUT2D eigenvalue weighted by atomic mass is 10.3. The van der Waals surface area contributed by atoms with Crippen LogP contribution in [0.4, 0.5) is 5.69 Å². The van der Waals surface area contributed by atoms with Crippen LogP contribution in [0.2, 0.25) is 0 Å². The van der Waals surface area contributed by atoms with Crippen molar-refractivity contribution in [2.75, 3.05) is 32.1 Å². The van der Waals surface area contributed by atoms with E-state index in [0.717, 1.165) is 5.52 Å². The highest BCUT2D eigenvalue weighted by atomic mass is 35.5. The minimum atomic E-state index is -0.105. The fourth-order valence-electron chi connectivity index (χ4n) is 1.70. The highest BCUT2D eigenvalue weighted by molar-refractivity contribution is 5.94.